The third-order valence-corrected chi connectivity index (χ3v) is 4.36. The molecule has 4 unspecified atom stereocenters. The first-order valence-corrected chi connectivity index (χ1v) is 6.90. The van der Waals surface area contributed by atoms with Crippen LogP contribution in [0.3, 0.4) is 0 Å². The van der Waals surface area contributed by atoms with Crippen LogP contribution in [-0.4, -0.2) is 41.3 Å². The van der Waals surface area contributed by atoms with Gasteiger partial charge in [-0.1, -0.05) is 5.16 Å². The summed E-state index contributed by atoms with van der Waals surface area (Å²) < 4.78 is 16.4. The van der Waals surface area contributed by atoms with Crippen LogP contribution in [-0.2, 0) is 14.3 Å². The monoisotopic (exact) mass is 264 g/mol. The molecule has 102 valence electrons. The minimum atomic E-state index is -0.380. The van der Waals surface area contributed by atoms with Crippen molar-refractivity contribution < 1.29 is 18.8 Å². The van der Waals surface area contributed by atoms with Crippen molar-refractivity contribution in [1.82, 2.24) is 10.1 Å². The lowest BCUT2D eigenvalue weighted by atomic mass is 9.89. The Morgan fingerprint density at radius 1 is 1.26 bits per heavy atom. The Bertz CT molecular complexity index is 501. The van der Waals surface area contributed by atoms with Gasteiger partial charge >= 0.3 is 0 Å². The number of ketones is 1. The Morgan fingerprint density at radius 3 is 2.95 bits per heavy atom. The van der Waals surface area contributed by atoms with E-state index in [1.807, 2.05) is 0 Å². The van der Waals surface area contributed by atoms with Gasteiger partial charge in [0.25, 0.3) is 0 Å². The Hall–Kier alpha value is -1.27. The minimum Gasteiger partial charge on any atom is -0.380 e. The van der Waals surface area contributed by atoms with Crippen molar-refractivity contribution in [1.29, 1.82) is 0 Å². The summed E-state index contributed by atoms with van der Waals surface area (Å²) in [5.74, 6) is 1.08. The van der Waals surface area contributed by atoms with Crippen LogP contribution in [0, 0.1) is 0 Å². The van der Waals surface area contributed by atoms with Gasteiger partial charge in [-0.25, -0.2) is 0 Å². The van der Waals surface area contributed by atoms with E-state index in [-0.39, 0.29) is 23.7 Å². The lowest BCUT2D eigenvalue weighted by molar-refractivity contribution is -0.127. The van der Waals surface area contributed by atoms with Crippen LogP contribution < -0.4 is 0 Å². The predicted molar refractivity (Wildman–Crippen MR) is 62.7 cm³/mol. The molecule has 3 aliphatic heterocycles. The van der Waals surface area contributed by atoms with Crippen LogP contribution in [0.4, 0.5) is 0 Å². The molecule has 0 N–H and O–H groups in total. The smallest absolute Gasteiger partial charge is 0.239 e. The highest BCUT2D eigenvalue weighted by atomic mass is 16.5. The second kappa shape index (κ2) is 4.38. The highest BCUT2D eigenvalue weighted by molar-refractivity contribution is 5.85. The maximum atomic E-state index is 11.8. The third kappa shape index (κ3) is 1.90. The van der Waals surface area contributed by atoms with E-state index in [1.54, 1.807) is 0 Å². The molecular formula is C13H16N2O4. The summed E-state index contributed by atoms with van der Waals surface area (Å²) in [5.41, 5.74) is 0. The molecule has 3 aliphatic rings. The summed E-state index contributed by atoms with van der Waals surface area (Å²) in [4.78, 5) is 16.2. The topological polar surface area (TPSA) is 74.5 Å². The fourth-order valence-corrected chi connectivity index (χ4v) is 3.30. The van der Waals surface area contributed by atoms with Crippen LogP contribution in [0.2, 0.25) is 0 Å². The van der Waals surface area contributed by atoms with E-state index in [4.69, 9.17) is 14.0 Å². The normalized spacial score (nSPS) is 38.0. The van der Waals surface area contributed by atoms with Crippen molar-refractivity contribution in [2.75, 3.05) is 13.2 Å². The van der Waals surface area contributed by atoms with Crippen molar-refractivity contribution in [3.63, 3.8) is 0 Å². The second-order valence-electron chi connectivity index (χ2n) is 5.55. The number of fused-ring (bicyclic) bond motifs is 2. The molecule has 19 heavy (non-hydrogen) atoms. The van der Waals surface area contributed by atoms with Crippen molar-refractivity contribution in [2.24, 2.45) is 0 Å². The molecule has 3 fully saturated rings. The number of ether oxygens (including phenoxy) is 2. The van der Waals surface area contributed by atoms with Crippen molar-refractivity contribution >= 4 is 5.78 Å². The third-order valence-electron chi connectivity index (χ3n) is 4.36. The molecule has 4 rings (SSSR count). The molecule has 0 amide bonds. The van der Waals surface area contributed by atoms with E-state index in [1.165, 1.54) is 0 Å². The summed E-state index contributed by atoms with van der Waals surface area (Å²) in [5, 5.41) is 4.05. The summed E-state index contributed by atoms with van der Waals surface area (Å²) in [6.45, 7) is 0.851. The zero-order chi connectivity index (χ0) is 12.8. The molecule has 1 aromatic heterocycles. The predicted octanol–water partition coefficient (Wildman–Crippen LogP) is 1.18. The number of hydrogen-bond donors (Lipinski definition) is 0. The van der Waals surface area contributed by atoms with Crippen molar-refractivity contribution in [2.45, 2.75) is 49.7 Å². The first-order chi connectivity index (χ1) is 9.31. The SMILES string of the molecule is O=C1CCOCC1c1nc(C2CC3CCC2O3)no1. The molecule has 0 spiro atoms. The highest BCUT2D eigenvalue weighted by Gasteiger charge is 2.44. The number of carbonyl (C=O) groups excluding carboxylic acids is 1. The van der Waals surface area contributed by atoms with E-state index in [0.29, 0.717) is 37.5 Å². The molecule has 4 heterocycles. The molecule has 6 nitrogen and oxygen atoms in total. The van der Waals surface area contributed by atoms with Gasteiger partial charge in [0, 0.05) is 6.42 Å². The van der Waals surface area contributed by atoms with Gasteiger partial charge in [0.15, 0.2) is 5.82 Å². The zero-order valence-electron chi connectivity index (χ0n) is 10.6. The fourth-order valence-electron chi connectivity index (χ4n) is 3.30. The van der Waals surface area contributed by atoms with Gasteiger partial charge in [-0.3, -0.25) is 4.79 Å². The summed E-state index contributed by atoms with van der Waals surface area (Å²) in [6.07, 6.45) is 4.20. The van der Waals surface area contributed by atoms with Crippen LogP contribution in [0.25, 0.3) is 0 Å². The lowest BCUT2D eigenvalue weighted by Gasteiger charge is -2.17. The maximum Gasteiger partial charge on any atom is 0.239 e. The second-order valence-corrected chi connectivity index (χ2v) is 5.55. The van der Waals surface area contributed by atoms with Gasteiger partial charge < -0.3 is 14.0 Å². The number of hydrogen-bond acceptors (Lipinski definition) is 6. The van der Waals surface area contributed by atoms with Gasteiger partial charge in [-0.15, -0.1) is 0 Å². The van der Waals surface area contributed by atoms with E-state index in [2.05, 4.69) is 10.1 Å². The average Bonchev–Trinajstić information content (AvgIpc) is 3.15. The summed E-state index contributed by atoms with van der Waals surface area (Å²) >= 11 is 0. The van der Waals surface area contributed by atoms with Gasteiger partial charge in [0.05, 0.1) is 31.3 Å². The number of Topliss-reactive ketones (excluding diaryl/α,β-unsaturated/α-hetero) is 1. The summed E-state index contributed by atoms with van der Waals surface area (Å²) in [7, 11) is 0. The van der Waals surface area contributed by atoms with Crippen LogP contribution >= 0.6 is 0 Å². The molecule has 2 bridgehead atoms. The van der Waals surface area contributed by atoms with Gasteiger partial charge in [0.2, 0.25) is 5.89 Å². The molecular weight excluding hydrogens is 248 g/mol. The van der Waals surface area contributed by atoms with E-state index in [0.717, 1.165) is 19.3 Å². The molecule has 3 saturated heterocycles. The first kappa shape index (κ1) is 11.5. The molecule has 4 atom stereocenters. The van der Waals surface area contributed by atoms with Gasteiger partial charge in [-0.2, -0.15) is 4.98 Å². The van der Waals surface area contributed by atoms with E-state index < -0.39 is 0 Å². The largest absolute Gasteiger partial charge is 0.380 e. The van der Waals surface area contributed by atoms with Crippen molar-refractivity contribution in [3.8, 4) is 0 Å². The number of carbonyl (C=O) groups is 1. The molecule has 6 heteroatoms. The molecule has 0 aromatic carbocycles. The van der Waals surface area contributed by atoms with Crippen molar-refractivity contribution in [3.05, 3.63) is 11.7 Å². The number of nitrogens with zero attached hydrogens (tertiary/aromatic N) is 2. The fraction of sp³-hybridized carbons (Fsp3) is 0.769. The Kier molecular flexibility index (Phi) is 2.66. The molecule has 1 aromatic rings. The van der Waals surface area contributed by atoms with Gasteiger partial charge in [0.1, 0.15) is 11.7 Å². The Labute approximate surface area is 110 Å². The quantitative estimate of drug-likeness (QED) is 0.798. The van der Waals surface area contributed by atoms with Gasteiger partial charge in [-0.05, 0) is 19.3 Å². The highest BCUT2D eigenvalue weighted by Crippen LogP contribution is 2.43. The van der Waals surface area contributed by atoms with E-state index >= 15 is 0 Å². The zero-order valence-corrected chi connectivity index (χ0v) is 10.6. The Morgan fingerprint density at radius 2 is 2.21 bits per heavy atom. The first-order valence-electron chi connectivity index (χ1n) is 6.90. The molecule has 0 aliphatic carbocycles. The number of aromatic nitrogens is 2. The minimum absolute atomic E-state index is 0.130. The average molecular weight is 264 g/mol. The Balaban J connectivity index is 1.54. The maximum absolute atomic E-state index is 11.8. The van der Waals surface area contributed by atoms with Crippen LogP contribution in [0.1, 0.15) is 49.2 Å². The summed E-state index contributed by atoms with van der Waals surface area (Å²) in [6, 6.07) is 0. The standard InChI is InChI=1S/C13H16N2O4/c16-10-3-4-17-6-9(10)13-14-12(15-19-13)8-5-7-1-2-11(8)18-7/h7-9,11H,1-6H2. The van der Waals surface area contributed by atoms with E-state index in [9.17, 15) is 4.79 Å². The molecule has 0 saturated carbocycles. The lowest BCUT2D eigenvalue weighted by Crippen LogP contribution is -2.26. The molecule has 0 radical (unpaired) electrons. The van der Waals surface area contributed by atoms with Crippen LogP contribution in [0.5, 0.6) is 0 Å². The van der Waals surface area contributed by atoms with Crippen LogP contribution in [0.15, 0.2) is 4.52 Å². The number of rotatable bonds is 2.